The van der Waals surface area contributed by atoms with Gasteiger partial charge >= 0.3 is 0 Å². The summed E-state index contributed by atoms with van der Waals surface area (Å²) in [7, 11) is 0. The lowest BCUT2D eigenvalue weighted by Crippen LogP contribution is -1.99. The van der Waals surface area contributed by atoms with Crippen molar-refractivity contribution in [3.05, 3.63) is 120 Å². The summed E-state index contributed by atoms with van der Waals surface area (Å²) in [5.41, 5.74) is 14.0. The average Bonchev–Trinajstić information content (AvgIpc) is 2.78. The maximum absolute atomic E-state index is 11.8. The molecule has 4 aromatic carbocycles. The SMILES string of the molecule is Nc1ccc(Oc2ccc(N)cc2)cc1.O=C(c1ccccc1)c1ccccc1. The molecule has 4 rings (SSSR count). The van der Waals surface area contributed by atoms with Crippen molar-refractivity contribution in [2.24, 2.45) is 0 Å². The molecule has 0 aromatic heterocycles. The first kappa shape index (κ1) is 19.7. The number of carbonyl (C=O) groups excluding carboxylic acids is 1. The number of nitrogen functional groups attached to an aromatic ring is 2. The molecule has 0 amide bonds. The summed E-state index contributed by atoms with van der Waals surface area (Å²) in [4.78, 5) is 11.8. The van der Waals surface area contributed by atoms with Gasteiger partial charge in [-0.25, -0.2) is 0 Å². The Morgan fingerprint density at radius 2 is 0.862 bits per heavy atom. The van der Waals surface area contributed by atoms with Crippen LogP contribution in [0.15, 0.2) is 109 Å². The fraction of sp³-hybridized carbons (Fsp3) is 0. The predicted octanol–water partition coefficient (Wildman–Crippen LogP) is 5.56. The standard InChI is InChI=1S/C13H10O.C12H12N2O/c14-13(11-7-3-1-4-8-11)12-9-5-2-6-10-12;13-9-1-5-11(6-2-9)15-12-7-3-10(14)4-8-12/h1-10H;1-8H,13-14H2. The minimum atomic E-state index is 0.0752. The first-order valence-corrected chi connectivity index (χ1v) is 9.15. The largest absolute Gasteiger partial charge is 0.457 e. The van der Waals surface area contributed by atoms with Crippen molar-refractivity contribution in [2.45, 2.75) is 0 Å². The second-order valence-corrected chi connectivity index (χ2v) is 6.30. The topological polar surface area (TPSA) is 78.3 Å². The average molecular weight is 382 g/mol. The number of anilines is 2. The molecule has 0 aliphatic heterocycles. The highest BCUT2D eigenvalue weighted by Crippen LogP contribution is 2.22. The third kappa shape index (κ3) is 5.97. The highest BCUT2D eigenvalue weighted by atomic mass is 16.5. The van der Waals surface area contributed by atoms with Gasteiger partial charge in [0.05, 0.1) is 0 Å². The van der Waals surface area contributed by atoms with E-state index in [9.17, 15) is 4.79 Å². The highest BCUT2D eigenvalue weighted by molar-refractivity contribution is 6.08. The number of nitrogens with two attached hydrogens (primary N) is 2. The zero-order chi connectivity index (χ0) is 20.5. The maximum Gasteiger partial charge on any atom is 0.193 e. The molecule has 4 N–H and O–H groups in total. The van der Waals surface area contributed by atoms with Crippen LogP contribution in [-0.2, 0) is 0 Å². The van der Waals surface area contributed by atoms with E-state index in [1.54, 1.807) is 24.3 Å². The molecule has 0 spiro atoms. The molecular weight excluding hydrogens is 360 g/mol. The Morgan fingerprint density at radius 3 is 1.21 bits per heavy atom. The van der Waals surface area contributed by atoms with Gasteiger partial charge in [-0.1, -0.05) is 60.7 Å². The van der Waals surface area contributed by atoms with Gasteiger partial charge < -0.3 is 16.2 Å². The third-order valence-corrected chi connectivity index (χ3v) is 4.07. The first-order valence-electron chi connectivity index (χ1n) is 9.15. The summed E-state index contributed by atoms with van der Waals surface area (Å²) < 4.78 is 5.58. The van der Waals surface area contributed by atoms with Crippen LogP contribution < -0.4 is 16.2 Å². The van der Waals surface area contributed by atoms with E-state index >= 15 is 0 Å². The van der Waals surface area contributed by atoms with Gasteiger partial charge in [0.2, 0.25) is 0 Å². The fourth-order valence-corrected chi connectivity index (χ4v) is 2.55. The lowest BCUT2D eigenvalue weighted by atomic mass is 10.0. The molecule has 4 nitrogen and oxygen atoms in total. The molecule has 0 aliphatic rings. The number of hydrogen-bond donors (Lipinski definition) is 2. The van der Waals surface area contributed by atoms with Gasteiger partial charge in [-0.3, -0.25) is 4.79 Å². The van der Waals surface area contributed by atoms with Crippen molar-refractivity contribution in [3.8, 4) is 11.5 Å². The van der Waals surface area contributed by atoms with E-state index in [0.29, 0.717) is 0 Å². The molecule has 0 saturated heterocycles. The Hall–Kier alpha value is -4.05. The van der Waals surface area contributed by atoms with Crippen molar-refractivity contribution in [1.29, 1.82) is 0 Å². The van der Waals surface area contributed by atoms with E-state index in [1.165, 1.54) is 0 Å². The quantitative estimate of drug-likeness (QED) is 0.358. The van der Waals surface area contributed by atoms with Gasteiger partial charge in [0.1, 0.15) is 11.5 Å². The third-order valence-electron chi connectivity index (χ3n) is 4.07. The van der Waals surface area contributed by atoms with Crippen LogP contribution in [0, 0.1) is 0 Å². The normalized spacial score (nSPS) is 9.79. The smallest absolute Gasteiger partial charge is 0.193 e. The summed E-state index contributed by atoms with van der Waals surface area (Å²) in [6.07, 6.45) is 0. The Bertz CT molecular complexity index is 945. The molecule has 4 heteroatoms. The molecule has 4 aromatic rings. The molecule has 0 aliphatic carbocycles. The van der Waals surface area contributed by atoms with Crippen LogP contribution in [0.2, 0.25) is 0 Å². The summed E-state index contributed by atoms with van der Waals surface area (Å²) in [5, 5.41) is 0. The highest BCUT2D eigenvalue weighted by Gasteiger charge is 2.06. The van der Waals surface area contributed by atoms with Crippen LogP contribution in [0.5, 0.6) is 11.5 Å². The summed E-state index contributed by atoms with van der Waals surface area (Å²) >= 11 is 0. The first-order chi connectivity index (χ1) is 14.1. The van der Waals surface area contributed by atoms with Crippen molar-refractivity contribution in [1.82, 2.24) is 0 Å². The molecule has 0 radical (unpaired) electrons. The second-order valence-electron chi connectivity index (χ2n) is 6.30. The van der Waals surface area contributed by atoms with Gasteiger partial charge in [0.25, 0.3) is 0 Å². The molecule has 144 valence electrons. The van der Waals surface area contributed by atoms with Gasteiger partial charge in [0, 0.05) is 22.5 Å². The molecule has 0 heterocycles. The zero-order valence-electron chi connectivity index (χ0n) is 15.9. The summed E-state index contributed by atoms with van der Waals surface area (Å²) in [6.45, 7) is 0. The van der Waals surface area contributed by atoms with E-state index in [0.717, 1.165) is 34.0 Å². The van der Waals surface area contributed by atoms with Crippen molar-refractivity contribution in [3.63, 3.8) is 0 Å². The second kappa shape index (κ2) is 9.76. The molecule has 0 saturated carbocycles. The number of hydrogen-bond acceptors (Lipinski definition) is 4. The lowest BCUT2D eigenvalue weighted by Gasteiger charge is -2.05. The summed E-state index contributed by atoms with van der Waals surface area (Å²) in [6, 6.07) is 33.1. The number of rotatable bonds is 4. The number of ketones is 1. The van der Waals surface area contributed by atoms with E-state index in [1.807, 2.05) is 84.9 Å². The van der Waals surface area contributed by atoms with Gasteiger partial charge in [-0.15, -0.1) is 0 Å². The Balaban J connectivity index is 0.000000166. The maximum atomic E-state index is 11.8. The van der Waals surface area contributed by atoms with Crippen molar-refractivity contribution in [2.75, 3.05) is 11.5 Å². The van der Waals surface area contributed by atoms with E-state index < -0.39 is 0 Å². The Kier molecular flexibility index (Phi) is 6.63. The van der Waals surface area contributed by atoms with Gasteiger partial charge in [-0.2, -0.15) is 0 Å². The van der Waals surface area contributed by atoms with Crippen LogP contribution in [0.3, 0.4) is 0 Å². The zero-order valence-corrected chi connectivity index (χ0v) is 15.9. The van der Waals surface area contributed by atoms with Crippen molar-refractivity contribution < 1.29 is 9.53 Å². The van der Waals surface area contributed by atoms with Crippen LogP contribution in [0.1, 0.15) is 15.9 Å². The minimum Gasteiger partial charge on any atom is -0.457 e. The molecule has 0 bridgehead atoms. The number of benzene rings is 4. The van der Waals surface area contributed by atoms with Crippen LogP contribution in [-0.4, -0.2) is 5.78 Å². The lowest BCUT2D eigenvalue weighted by molar-refractivity contribution is 0.103. The van der Waals surface area contributed by atoms with Crippen LogP contribution in [0.4, 0.5) is 11.4 Å². The number of ether oxygens (including phenoxy) is 1. The van der Waals surface area contributed by atoms with E-state index in [4.69, 9.17) is 16.2 Å². The molecule has 0 fully saturated rings. The summed E-state index contributed by atoms with van der Waals surface area (Å²) in [5.74, 6) is 1.59. The van der Waals surface area contributed by atoms with Gasteiger partial charge in [0.15, 0.2) is 5.78 Å². The van der Waals surface area contributed by atoms with Crippen LogP contribution in [0.25, 0.3) is 0 Å². The van der Waals surface area contributed by atoms with Crippen LogP contribution >= 0.6 is 0 Å². The molecule has 0 atom stereocenters. The Labute approximate surface area is 170 Å². The fourth-order valence-electron chi connectivity index (χ4n) is 2.55. The molecule has 0 unspecified atom stereocenters. The van der Waals surface area contributed by atoms with Crippen molar-refractivity contribution >= 4 is 17.2 Å². The Morgan fingerprint density at radius 1 is 0.517 bits per heavy atom. The monoisotopic (exact) mass is 382 g/mol. The molecule has 29 heavy (non-hydrogen) atoms. The minimum absolute atomic E-state index is 0.0752. The predicted molar refractivity (Wildman–Crippen MR) is 118 cm³/mol. The van der Waals surface area contributed by atoms with E-state index in [2.05, 4.69) is 0 Å². The van der Waals surface area contributed by atoms with Gasteiger partial charge in [-0.05, 0) is 48.5 Å². The molecular formula is C25H22N2O2. The van der Waals surface area contributed by atoms with E-state index in [-0.39, 0.29) is 5.78 Å². The number of carbonyl (C=O) groups is 1.